The Morgan fingerprint density at radius 1 is 1.38 bits per heavy atom. The van der Waals surface area contributed by atoms with E-state index < -0.39 is 9.84 Å². The first-order valence-corrected chi connectivity index (χ1v) is 5.88. The molecule has 1 aromatic rings. The van der Waals surface area contributed by atoms with Gasteiger partial charge in [0.1, 0.15) is 9.84 Å². The predicted molar refractivity (Wildman–Crippen MR) is 50.4 cm³/mol. The number of sulfone groups is 1. The first kappa shape index (κ1) is 9.98. The van der Waals surface area contributed by atoms with E-state index in [0.29, 0.717) is 0 Å². The van der Waals surface area contributed by atoms with Crippen LogP contribution < -0.4 is 5.56 Å². The molecule has 1 aromatic heterocycles. The van der Waals surface area contributed by atoms with Crippen molar-refractivity contribution in [2.45, 2.75) is 6.54 Å². The van der Waals surface area contributed by atoms with Crippen LogP contribution in [0.25, 0.3) is 0 Å². The molecule has 0 aliphatic rings. The maximum Gasteiger partial charge on any atom is 0.250 e. The first-order chi connectivity index (χ1) is 5.99. The molecule has 1 rings (SSSR count). The van der Waals surface area contributed by atoms with Crippen molar-refractivity contribution in [2.24, 2.45) is 0 Å². The maximum absolute atomic E-state index is 11.1. The number of rotatable bonds is 3. The molecule has 0 amide bonds. The van der Waals surface area contributed by atoms with Crippen molar-refractivity contribution in [3.63, 3.8) is 0 Å². The fraction of sp³-hybridized carbons (Fsp3) is 0.375. The number of pyridine rings is 1. The quantitative estimate of drug-likeness (QED) is 0.685. The molecule has 0 unspecified atom stereocenters. The third kappa shape index (κ3) is 3.42. The minimum Gasteiger partial charge on any atom is -0.315 e. The van der Waals surface area contributed by atoms with E-state index >= 15 is 0 Å². The van der Waals surface area contributed by atoms with Crippen LogP contribution in [-0.2, 0) is 16.4 Å². The molecule has 0 atom stereocenters. The van der Waals surface area contributed by atoms with Crippen molar-refractivity contribution >= 4 is 9.84 Å². The van der Waals surface area contributed by atoms with Crippen LogP contribution in [0.15, 0.2) is 29.2 Å². The molecule has 0 aromatic carbocycles. The Hall–Kier alpha value is -1.10. The lowest BCUT2D eigenvalue weighted by atomic mass is 10.5. The van der Waals surface area contributed by atoms with Crippen molar-refractivity contribution in [2.75, 3.05) is 12.0 Å². The van der Waals surface area contributed by atoms with E-state index in [2.05, 4.69) is 0 Å². The van der Waals surface area contributed by atoms with Crippen molar-refractivity contribution in [3.05, 3.63) is 34.7 Å². The van der Waals surface area contributed by atoms with E-state index in [4.69, 9.17) is 0 Å². The standard InChI is InChI=1S/C8H11NO3S/c1-13(11,12)7-6-9-5-3-2-4-8(9)10/h2-5H,6-7H2,1H3. The Morgan fingerprint density at radius 2 is 2.08 bits per heavy atom. The number of nitrogens with zero attached hydrogens (tertiary/aromatic N) is 1. The molecule has 13 heavy (non-hydrogen) atoms. The molecule has 0 bridgehead atoms. The van der Waals surface area contributed by atoms with E-state index in [1.54, 1.807) is 18.3 Å². The van der Waals surface area contributed by atoms with Gasteiger partial charge in [-0.25, -0.2) is 8.42 Å². The minimum atomic E-state index is -3.00. The molecule has 72 valence electrons. The van der Waals surface area contributed by atoms with Gasteiger partial charge in [0, 0.05) is 25.1 Å². The smallest absolute Gasteiger partial charge is 0.250 e. The number of hydrogen-bond donors (Lipinski definition) is 0. The molecule has 1 heterocycles. The van der Waals surface area contributed by atoms with Gasteiger partial charge in [-0.1, -0.05) is 6.07 Å². The van der Waals surface area contributed by atoms with Gasteiger partial charge in [0.2, 0.25) is 0 Å². The average molecular weight is 201 g/mol. The summed E-state index contributed by atoms with van der Waals surface area (Å²) in [5.74, 6) is -0.00306. The minimum absolute atomic E-state index is 0.00306. The Labute approximate surface area is 76.7 Å². The lowest BCUT2D eigenvalue weighted by Crippen LogP contribution is -2.22. The summed E-state index contributed by atoms with van der Waals surface area (Å²) in [6, 6.07) is 4.73. The fourth-order valence-electron chi connectivity index (χ4n) is 0.910. The Balaban J connectivity index is 2.77. The summed E-state index contributed by atoms with van der Waals surface area (Å²) >= 11 is 0. The van der Waals surface area contributed by atoms with E-state index in [9.17, 15) is 13.2 Å². The Bertz CT molecular complexity index is 433. The topological polar surface area (TPSA) is 56.1 Å². The summed E-state index contributed by atoms with van der Waals surface area (Å²) in [6.45, 7) is 0.221. The van der Waals surface area contributed by atoms with Gasteiger partial charge in [-0.15, -0.1) is 0 Å². The molecule has 0 saturated heterocycles. The van der Waals surface area contributed by atoms with Gasteiger partial charge >= 0.3 is 0 Å². The second-order valence-electron chi connectivity index (χ2n) is 2.86. The highest BCUT2D eigenvalue weighted by Gasteiger charge is 2.02. The van der Waals surface area contributed by atoms with Crippen LogP contribution >= 0.6 is 0 Å². The van der Waals surface area contributed by atoms with Crippen molar-refractivity contribution < 1.29 is 8.42 Å². The van der Waals surface area contributed by atoms with E-state index in [0.717, 1.165) is 6.26 Å². The second kappa shape index (κ2) is 3.74. The molecular formula is C8H11NO3S. The van der Waals surface area contributed by atoms with Gasteiger partial charge < -0.3 is 4.57 Å². The zero-order valence-electron chi connectivity index (χ0n) is 7.30. The normalized spacial score (nSPS) is 11.5. The number of aromatic nitrogens is 1. The summed E-state index contributed by atoms with van der Waals surface area (Å²) in [7, 11) is -3.00. The number of hydrogen-bond acceptors (Lipinski definition) is 3. The zero-order valence-corrected chi connectivity index (χ0v) is 8.12. The van der Waals surface area contributed by atoms with Crippen molar-refractivity contribution in [1.82, 2.24) is 4.57 Å². The average Bonchev–Trinajstić information content (AvgIpc) is 2.01. The SMILES string of the molecule is CS(=O)(=O)CCn1ccccc1=O. The molecule has 0 saturated carbocycles. The van der Waals surface area contributed by atoms with Crippen LogP contribution in [0.3, 0.4) is 0 Å². The third-order valence-electron chi connectivity index (χ3n) is 1.60. The first-order valence-electron chi connectivity index (χ1n) is 3.82. The fourth-order valence-corrected chi connectivity index (χ4v) is 1.44. The van der Waals surface area contributed by atoms with Crippen LogP contribution in [-0.4, -0.2) is 25.0 Å². The molecular weight excluding hydrogens is 190 g/mol. The van der Waals surface area contributed by atoms with Crippen molar-refractivity contribution in [3.8, 4) is 0 Å². The lowest BCUT2D eigenvalue weighted by molar-refractivity contribution is 0.593. The molecule has 4 nitrogen and oxygen atoms in total. The molecule has 0 spiro atoms. The Morgan fingerprint density at radius 3 is 2.62 bits per heavy atom. The van der Waals surface area contributed by atoms with Gasteiger partial charge in [0.05, 0.1) is 5.75 Å². The van der Waals surface area contributed by atoms with Crippen LogP contribution in [0.2, 0.25) is 0 Å². The van der Waals surface area contributed by atoms with Gasteiger partial charge in [-0.2, -0.15) is 0 Å². The highest BCUT2D eigenvalue weighted by Crippen LogP contribution is 1.87. The van der Waals surface area contributed by atoms with Crippen LogP contribution in [0.1, 0.15) is 0 Å². The highest BCUT2D eigenvalue weighted by molar-refractivity contribution is 7.90. The number of aryl methyl sites for hydroxylation is 1. The van der Waals surface area contributed by atoms with E-state index in [1.165, 1.54) is 10.6 Å². The summed E-state index contributed by atoms with van der Waals surface area (Å²) < 4.78 is 23.0. The lowest BCUT2D eigenvalue weighted by Gasteiger charge is -2.02. The summed E-state index contributed by atoms with van der Waals surface area (Å²) in [6.07, 6.45) is 2.73. The van der Waals surface area contributed by atoms with E-state index in [-0.39, 0.29) is 17.9 Å². The van der Waals surface area contributed by atoms with Crippen LogP contribution in [0.5, 0.6) is 0 Å². The summed E-state index contributed by atoms with van der Waals surface area (Å²) in [5.41, 5.74) is -0.175. The van der Waals surface area contributed by atoms with Crippen LogP contribution in [0, 0.1) is 0 Å². The van der Waals surface area contributed by atoms with Crippen LogP contribution in [0.4, 0.5) is 0 Å². The molecule has 0 radical (unpaired) electrons. The van der Waals surface area contributed by atoms with Gasteiger partial charge in [0.15, 0.2) is 0 Å². The zero-order chi connectivity index (χ0) is 9.90. The van der Waals surface area contributed by atoms with Gasteiger partial charge in [-0.3, -0.25) is 4.79 Å². The van der Waals surface area contributed by atoms with Gasteiger partial charge in [-0.05, 0) is 6.07 Å². The predicted octanol–water partition coefficient (Wildman–Crippen LogP) is -0.107. The Kier molecular flexibility index (Phi) is 2.87. The third-order valence-corrected chi connectivity index (χ3v) is 2.53. The highest BCUT2D eigenvalue weighted by atomic mass is 32.2. The van der Waals surface area contributed by atoms with Gasteiger partial charge in [0.25, 0.3) is 5.56 Å². The molecule has 0 N–H and O–H groups in total. The molecule has 0 fully saturated rings. The maximum atomic E-state index is 11.1. The molecule has 0 aliphatic carbocycles. The molecule has 5 heteroatoms. The van der Waals surface area contributed by atoms with Crippen molar-refractivity contribution in [1.29, 1.82) is 0 Å². The summed E-state index contributed by atoms with van der Waals surface area (Å²) in [5, 5.41) is 0. The second-order valence-corrected chi connectivity index (χ2v) is 5.12. The van der Waals surface area contributed by atoms with E-state index in [1.807, 2.05) is 0 Å². The summed E-state index contributed by atoms with van der Waals surface area (Å²) in [4.78, 5) is 11.1. The molecule has 0 aliphatic heterocycles. The monoisotopic (exact) mass is 201 g/mol. The largest absolute Gasteiger partial charge is 0.315 e.